The van der Waals surface area contributed by atoms with Crippen LogP contribution in [0.1, 0.15) is 46.2 Å². The molecule has 146 valence electrons. The lowest BCUT2D eigenvalue weighted by Gasteiger charge is -2.32. The average Bonchev–Trinajstić information content (AvgIpc) is 3.01. The lowest BCUT2D eigenvalue weighted by Crippen LogP contribution is -2.33. The predicted octanol–water partition coefficient (Wildman–Crippen LogP) is 4.98. The maximum Gasteiger partial charge on any atom is 0.188 e. The van der Waals surface area contributed by atoms with Gasteiger partial charge in [-0.3, -0.25) is 9.88 Å². The van der Waals surface area contributed by atoms with Crippen molar-refractivity contribution < 1.29 is 0 Å². The van der Waals surface area contributed by atoms with Crippen molar-refractivity contribution in [3.05, 3.63) is 64.1 Å². The molecule has 1 aliphatic rings. The van der Waals surface area contributed by atoms with E-state index in [9.17, 15) is 0 Å². The van der Waals surface area contributed by atoms with Crippen molar-refractivity contribution >= 4 is 22.3 Å². The number of likely N-dealkylation sites (tertiary alicyclic amines) is 1. The second-order valence-corrected chi connectivity index (χ2v) is 8.79. The van der Waals surface area contributed by atoms with E-state index >= 15 is 0 Å². The largest absolute Gasteiger partial charge is 0.315 e. The highest BCUT2D eigenvalue weighted by Gasteiger charge is 2.22. The Morgan fingerprint density at radius 3 is 2.57 bits per heavy atom. The van der Waals surface area contributed by atoms with Crippen LogP contribution in [0.25, 0.3) is 0 Å². The second-order valence-electron chi connectivity index (χ2n) is 7.59. The molecule has 0 spiro atoms. The lowest BCUT2D eigenvalue weighted by atomic mass is 9.93. The molecule has 1 saturated heterocycles. The number of benzene rings is 1. The number of nitrogens with one attached hydrogen (secondary N) is 1. The number of hydrogen-bond donors (Lipinski definition) is 1. The monoisotopic (exact) mass is 393 g/mol. The fraction of sp³-hybridized carbons (Fsp3) is 0.409. The Morgan fingerprint density at radius 1 is 1.07 bits per heavy atom. The van der Waals surface area contributed by atoms with Gasteiger partial charge in [0.15, 0.2) is 10.9 Å². The van der Waals surface area contributed by atoms with Gasteiger partial charge in [0.05, 0.1) is 17.6 Å². The van der Waals surface area contributed by atoms with Crippen LogP contribution in [0.2, 0.25) is 0 Å². The van der Waals surface area contributed by atoms with E-state index in [0.29, 0.717) is 5.92 Å². The molecule has 0 radical (unpaired) electrons. The number of rotatable bonds is 5. The van der Waals surface area contributed by atoms with E-state index in [1.807, 2.05) is 13.1 Å². The summed E-state index contributed by atoms with van der Waals surface area (Å²) < 4.78 is 0. The molecule has 6 heteroatoms. The van der Waals surface area contributed by atoms with E-state index < -0.39 is 0 Å². The summed E-state index contributed by atoms with van der Waals surface area (Å²) in [6, 6.07) is 8.68. The standard InChI is InChI=1S/C22H27N5S/c1-15-6-4-5-7-19(15)14-27-10-8-18(9-11-27)20-12-23-13-21(25-20)26-22-24-16(2)17(3)28-22/h4-7,12-13,18H,8-11,14H2,1-3H3,(H,24,25,26). The number of aryl methyl sites for hydroxylation is 3. The molecular formula is C22H27N5S. The molecule has 0 bridgehead atoms. The van der Waals surface area contributed by atoms with Gasteiger partial charge >= 0.3 is 0 Å². The van der Waals surface area contributed by atoms with Crippen LogP contribution >= 0.6 is 11.3 Å². The second kappa shape index (κ2) is 8.37. The fourth-order valence-electron chi connectivity index (χ4n) is 3.69. The van der Waals surface area contributed by atoms with Gasteiger partial charge in [-0.15, -0.1) is 11.3 Å². The molecule has 4 rings (SSSR count). The SMILES string of the molecule is Cc1ccccc1CN1CCC(c2cncc(Nc3nc(C)c(C)s3)n2)CC1. The molecular weight excluding hydrogens is 366 g/mol. The van der Waals surface area contributed by atoms with Gasteiger partial charge in [-0.1, -0.05) is 24.3 Å². The third kappa shape index (κ3) is 4.39. The zero-order valence-corrected chi connectivity index (χ0v) is 17.6. The summed E-state index contributed by atoms with van der Waals surface area (Å²) in [5, 5.41) is 4.20. The highest BCUT2D eigenvalue weighted by Crippen LogP contribution is 2.29. The summed E-state index contributed by atoms with van der Waals surface area (Å²) in [5.41, 5.74) is 4.96. The molecule has 1 aliphatic heterocycles. The number of piperidine rings is 1. The van der Waals surface area contributed by atoms with Gasteiger partial charge in [0, 0.05) is 23.5 Å². The summed E-state index contributed by atoms with van der Waals surface area (Å²) in [5.74, 6) is 1.26. The van der Waals surface area contributed by atoms with E-state index in [0.717, 1.165) is 54.8 Å². The molecule has 2 aromatic heterocycles. The van der Waals surface area contributed by atoms with Crippen molar-refractivity contribution in [1.82, 2.24) is 19.9 Å². The van der Waals surface area contributed by atoms with Gasteiger partial charge in [-0.2, -0.15) is 0 Å². The predicted molar refractivity (Wildman–Crippen MR) is 115 cm³/mol. The van der Waals surface area contributed by atoms with E-state index in [2.05, 4.69) is 58.3 Å². The quantitative estimate of drug-likeness (QED) is 0.662. The molecule has 1 N–H and O–H groups in total. The van der Waals surface area contributed by atoms with Crippen LogP contribution in [-0.2, 0) is 6.54 Å². The summed E-state index contributed by atoms with van der Waals surface area (Å²) in [4.78, 5) is 17.6. The van der Waals surface area contributed by atoms with E-state index in [1.165, 1.54) is 16.0 Å². The first-order valence-corrected chi connectivity index (χ1v) is 10.7. The number of thiazole rings is 1. The van der Waals surface area contributed by atoms with E-state index in [-0.39, 0.29) is 0 Å². The van der Waals surface area contributed by atoms with Crippen molar-refractivity contribution in [3.8, 4) is 0 Å². The van der Waals surface area contributed by atoms with Crippen molar-refractivity contribution in [2.75, 3.05) is 18.4 Å². The van der Waals surface area contributed by atoms with Gasteiger partial charge in [0.2, 0.25) is 0 Å². The highest BCUT2D eigenvalue weighted by molar-refractivity contribution is 7.15. The molecule has 0 unspecified atom stereocenters. The fourth-order valence-corrected chi connectivity index (χ4v) is 4.51. The molecule has 3 heterocycles. The lowest BCUT2D eigenvalue weighted by molar-refractivity contribution is 0.203. The van der Waals surface area contributed by atoms with E-state index in [4.69, 9.17) is 4.98 Å². The Bertz CT molecular complexity index is 924. The van der Waals surface area contributed by atoms with Crippen LogP contribution in [0, 0.1) is 20.8 Å². The summed E-state index contributed by atoms with van der Waals surface area (Å²) in [6.45, 7) is 9.55. The molecule has 0 aliphatic carbocycles. The van der Waals surface area contributed by atoms with Crippen LogP contribution in [0.15, 0.2) is 36.7 Å². The van der Waals surface area contributed by atoms with Crippen LogP contribution in [0.5, 0.6) is 0 Å². The molecule has 1 aromatic carbocycles. The van der Waals surface area contributed by atoms with Crippen LogP contribution in [0.4, 0.5) is 10.9 Å². The van der Waals surface area contributed by atoms with Crippen molar-refractivity contribution in [3.63, 3.8) is 0 Å². The molecule has 0 amide bonds. The third-order valence-corrected chi connectivity index (χ3v) is 6.57. The minimum atomic E-state index is 0.474. The Balaban J connectivity index is 1.37. The van der Waals surface area contributed by atoms with Gasteiger partial charge in [0.25, 0.3) is 0 Å². The first-order chi connectivity index (χ1) is 13.6. The van der Waals surface area contributed by atoms with Crippen molar-refractivity contribution in [2.45, 2.75) is 46.1 Å². The van der Waals surface area contributed by atoms with E-state index in [1.54, 1.807) is 17.5 Å². The summed E-state index contributed by atoms with van der Waals surface area (Å²) in [6.07, 6.45) is 5.95. The number of anilines is 2. The van der Waals surface area contributed by atoms with Gasteiger partial charge in [-0.25, -0.2) is 9.97 Å². The van der Waals surface area contributed by atoms with Crippen LogP contribution in [0.3, 0.4) is 0 Å². The third-order valence-electron chi connectivity index (χ3n) is 5.58. The molecule has 0 atom stereocenters. The first-order valence-electron chi connectivity index (χ1n) is 9.88. The van der Waals surface area contributed by atoms with Gasteiger partial charge in [0.1, 0.15) is 0 Å². The van der Waals surface area contributed by atoms with Crippen LogP contribution in [-0.4, -0.2) is 32.9 Å². The Hall–Kier alpha value is -2.31. The maximum atomic E-state index is 4.83. The topological polar surface area (TPSA) is 53.9 Å². The normalized spacial score (nSPS) is 15.7. The smallest absolute Gasteiger partial charge is 0.188 e. The Morgan fingerprint density at radius 2 is 1.86 bits per heavy atom. The molecule has 3 aromatic rings. The maximum absolute atomic E-state index is 4.83. The van der Waals surface area contributed by atoms with Gasteiger partial charge in [-0.05, 0) is 57.8 Å². The number of nitrogens with zero attached hydrogens (tertiary/aromatic N) is 4. The molecule has 5 nitrogen and oxygen atoms in total. The first kappa shape index (κ1) is 19.0. The van der Waals surface area contributed by atoms with Gasteiger partial charge < -0.3 is 5.32 Å². The minimum Gasteiger partial charge on any atom is -0.315 e. The minimum absolute atomic E-state index is 0.474. The molecule has 0 saturated carbocycles. The summed E-state index contributed by atoms with van der Waals surface area (Å²) >= 11 is 1.66. The zero-order chi connectivity index (χ0) is 19.5. The highest BCUT2D eigenvalue weighted by atomic mass is 32.1. The number of hydrogen-bond acceptors (Lipinski definition) is 6. The number of aromatic nitrogens is 3. The Labute approximate surface area is 170 Å². The molecule has 28 heavy (non-hydrogen) atoms. The molecule has 1 fully saturated rings. The van der Waals surface area contributed by atoms with Crippen molar-refractivity contribution in [2.24, 2.45) is 0 Å². The summed E-state index contributed by atoms with van der Waals surface area (Å²) in [7, 11) is 0. The Kier molecular flexibility index (Phi) is 5.69. The van der Waals surface area contributed by atoms with Crippen LogP contribution < -0.4 is 5.32 Å². The zero-order valence-electron chi connectivity index (χ0n) is 16.8. The average molecular weight is 394 g/mol. The van der Waals surface area contributed by atoms with Crippen molar-refractivity contribution in [1.29, 1.82) is 0 Å².